The summed E-state index contributed by atoms with van der Waals surface area (Å²) < 4.78 is 28.3. The van der Waals surface area contributed by atoms with Crippen LogP contribution < -0.4 is 0 Å². The van der Waals surface area contributed by atoms with E-state index in [0.717, 1.165) is 55.8 Å². The number of morpholine rings is 1. The smallest absolute Gasteiger partial charge is 0.150 e. The zero-order valence-electron chi connectivity index (χ0n) is 19.1. The Labute approximate surface area is 197 Å². The Hall–Kier alpha value is -2.47. The van der Waals surface area contributed by atoms with Crippen molar-refractivity contribution < 1.29 is 33.0 Å². The van der Waals surface area contributed by atoms with Gasteiger partial charge in [0.1, 0.15) is 36.3 Å². The van der Waals surface area contributed by atoms with Gasteiger partial charge in [-0.3, -0.25) is 9.80 Å². The van der Waals surface area contributed by atoms with Crippen molar-refractivity contribution in [1.82, 2.24) is 15.0 Å². The van der Waals surface area contributed by atoms with E-state index in [0.29, 0.717) is 44.2 Å². The van der Waals surface area contributed by atoms with Gasteiger partial charge < -0.3 is 33.0 Å². The molecule has 2 aliphatic heterocycles. The Morgan fingerprint density at radius 1 is 0.853 bits per heavy atom. The van der Waals surface area contributed by atoms with Crippen LogP contribution in [0.2, 0.25) is 0 Å². The van der Waals surface area contributed by atoms with Crippen LogP contribution in [0.1, 0.15) is 34.5 Å². The molecule has 10 heteroatoms. The Morgan fingerprint density at radius 3 is 2.00 bits per heavy atom. The van der Waals surface area contributed by atoms with Crippen molar-refractivity contribution in [3.8, 4) is 0 Å². The fourth-order valence-electron chi connectivity index (χ4n) is 4.52. The highest BCUT2D eigenvalue weighted by atomic mass is 16.5. The number of rotatable bonds is 11. The molecule has 5 rings (SSSR count). The van der Waals surface area contributed by atoms with E-state index < -0.39 is 0 Å². The van der Waals surface area contributed by atoms with Gasteiger partial charge in [0.15, 0.2) is 5.76 Å². The number of nitrogens with zero attached hydrogens (tertiary/aromatic N) is 3. The third-order valence-corrected chi connectivity index (χ3v) is 6.45. The highest BCUT2D eigenvalue weighted by molar-refractivity contribution is 5.16. The summed E-state index contributed by atoms with van der Waals surface area (Å²) in [6, 6.07) is 9.35. The van der Waals surface area contributed by atoms with E-state index in [1.165, 1.54) is 0 Å². The molecule has 0 spiro atoms. The maximum Gasteiger partial charge on any atom is 0.150 e. The molecular weight excluding hydrogens is 442 g/mol. The van der Waals surface area contributed by atoms with Crippen LogP contribution in [0.25, 0.3) is 0 Å². The first-order valence-corrected chi connectivity index (χ1v) is 11.6. The molecule has 0 atom stereocenters. The molecule has 2 saturated heterocycles. The summed E-state index contributed by atoms with van der Waals surface area (Å²) in [5, 5.41) is 23.1. The second-order valence-corrected chi connectivity index (χ2v) is 8.98. The highest BCUT2D eigenvalue weighted by Crippen LogP contribution is 2.33. The predicted octanol–water partition coefficient (Wildman–Crippen LogP) is 1.69. The lowest BCUT2D eigenvalue weighted by Crippen LogP contribution is -2.63. The molecule has 2 aliphatic rings. The summed E-state index contributed by atoms with van der Waals surface area (Å²) >= 11 is 0. The van der Waals surface area contributed by atoms with E-state index in [1.807, 2.05) is 18.2 Å². The SMILES string of the molecule is OCc1ccc(CN(Cc2ccc(CO)o2)C2(Cc3cc(CN4CCOCC4)on3)COC2)o1. The Morgan fingerprint density at radius 2 is 1.47 bits per heavy atom. The van der Waals surface area contributed by atoms with Gasteiger partial charge in [0.05, 0.1) is 57.3 Å². The van der Waals surface area contributed by atoms with Crippen molar-refractivity contribution >= 4 is 0 Å². The van der Waals surface area contributed by atoms with Gasteiger partial charge in [-0.25, -0.2) is 0 Å². The van der Waals surface area contributed by atoms with Crippen molar-refractivity contribution in [3.63, 3.8) is 0 Å². The number of aliphatic hydroxyl groups is 2. The van der Waals surface area contributed by atoms with Gasteiger partial charge in [-0.05, 0) is 24.3 Å². The van der Waals surface area contributed by atoms with E-state index in [9.17, 15) is 10.2 Å². The minimum absolute atomic E-state index is 0.142. The molecule has 0 aromatic carbocycles. The van der Waals surface area contributed by atoms with Crippen LogP contribution >= 0.6 is 0 Å². The van der Waals surface area contributed by atoms with E-state index in [4.69, 9.17) is 22.8 Å². The minimum Gasteiger partial charge on any atom is -0.462 e. The number of hydrogen-bond acceptors (Lipinski definition) is 10. The second-order valence-electron chi connectivity index (χ2n) is 8.98. The summed E-state index contributed by atoms with van der Waals surface area (Å²) in [6.45, 7) is 5.80. The van der Waals surface area contributed by atoms with Crippen molar-refractivity contribution in [2.45, 2.75) is 44.8 Å². The third kappa shape index (κ3) is 5.27. The van der Waals surface area contributed by atoms with Crippen LogP contribution in [0.3, 0.4) is 0 Å². The Bertz CT molecular complexity index is 1000. The molecular formula is C24H31N3O7. The first-order valence-electron chi connectivity index (χ1n) is 11.6. The van der Waals surface area contributed by atoms with Crippen LogP contribution in [0.4, 0.5) is 0 Å². The molecule has 0 saturated carbocycles. The predicted molar refractivity (Wildman–Crippen MR) is 118 cm³/mol. The van der Waals surface area contributed by atoms with E-state index in [2.05, 4.69) is 15.0 Å². The summed E-state index contributed by atoms with van der Waals surface area (Å²) in [6.07, 6.45) is 0.654. The van der Waals surface area contributed by atoms with Gasteiger partial charge >= 0.3 is 0 Å². The quantitative estimate of drug-likeness (QED) is 0.426. The first-order chi connectivity index (χ1) is 16.7. The molecule has 184 valence electrons. The van der Waals surface area contributed by atoms with E-state index >= 15 is 0 Å². The normalized spacial score (nSPS) is 18.4. The molecule has 5 heterocycles. The van der Waals surface area contributed by atoms with Crippen molar-refractivity contribution in [2.24, 2.45) is 0 Å². The summed E-state index contributed by atoms with van der Waals surface area (Å²) in [4.78, 5) is 4.56. The maximum absolute atomic E-state index is 9.39. The molecule has 0 radical (unpaired) electrons. The largest absolute Gasteiger partial charge is 0.462 e. The van der Waals surface area contributed by atoms with Gasteiger partial charge in [0, 0.05) is 25.6 Å². The average Bonchev–Trinajstić information content (AvgIpc) is 3.58. The molecule has 0 aliphatic carbocycles. The lowest BCUT2D eigenvalue weighted by atomic mass is 9.88. The molecule has 0 unspecified atom stereocenters. The molecule has 2 fully saturated rings. The standard InChI is InChI=1S/C24H31N3O7/c28-14-21-3-1-19(32-21)12-27(13-20-2-4-22(15-29)33-20)24(16-31-17-24)10-18-9-23(34-25-18)11-26-5-7-30-8-6-26/h1-4,9,28-29H,5-8,10-17H2. The molecule has 10 nitrogen and oxygen atoms in total. The molecule has 3 aromatic heterocycles. The number of furan rings is 2. The topological polar surface area (TPSA) is 118 Å². The second kappa shape index (κ2) is 10.4. The van der Waals surface area contributed by atoms with Gasteiger partial charge in [-0.15, -0.1) is 0 Å². The fourth-order valence-corrected chi connectivity index (χ4v) is 4.52. The first kappa shape index (κ1) is 23.3. The van der Waals surface area contributed by atoms with Crippen LogP contribution in [0.15, 0.2) is 43.7 Å². The van der Waals surface area contributed by atoms with Crippen LogP contribution in [-0.4, -0.2) is 70.2 Å². The number of aromatic nitrogens is 1. The van der Waals surface area contributed by atoms with Gasteiger partial charge in [-0.1, -0.05) is 5.16 Å². The van der Waals surface area contributed by atoms with Gasteiger partial charge in [0.2, 0.25) is 0 Å². The Balaban J connectivity index is 1.33. The van der Waals surface area contributed by atoms with Crippen molar-refractivity contribution in [3.05, 3.63) is 64.8 Å². The number of aliphatic hydroxyl groups excluding tert-OH is 2. The average molecular weight is 474 g/mol. The van der Waals surface area contributed by atoms with Crippen LogP contribution in [0, 0.1) is 0 Å². The third-order valence-electron chi connectivity index (χ3n) is 6.45. The number of hydrogen-bond donors (Lipinski definition) is 2. The highest BCUT2D eigenvalue weighted by Gasteiger charge is 2.45. The van der Waals surface area contributed by atoms with Gasteiger partial charge in [-0.2, -0.15) is 0 Å². The molecule has 3 aromatic rings. The lowest BCUT2D eigenvalue weighted by Gasteiger charge is -2.49. The molecule has 0 bridgehead atoms. The number of ether oxygens (including phenoxy) is 2. The van der Waals surface area contributed by atoms with Crippen molar-refractivity contribution in [1.29, 1.82) is 0 Å². The van der Waals surface area contributed by atoms with Crippen LogP contribution in [-0.2, 0) is 48.7 Å². The molecule has 2 N–H and O–H groups in total. The monoisotopic (exact) mass is 473 g/mol. The summed E-state index contributed by atoms with van der Waals surface area (Å²) in [5.41, 5.74) is 0.563. The van der Waals surface area contributed by atoms with Gasteiger partial charge in [0.25, 0.3) is 0 Å². The molecule has 0 amide bonds. The van der Waals surface area contributed by atoms with Crippen LogP contribution in [0.5, 0.6) is 0 Å². The van der Waals surface area contributed by atoms with Crippen molar-refractivity contribution in [2.75, 3.05) is 39.5 Å². The molecule has 34 heavy (non-hydrogen) atoms. The van der Waals surface area contributed by atoms with E-state index in [1.54, 1.807) is 12.1 Å². The lowest BCUT2D eigenvalue weighted by molar-refractivity contribution is -0.150. The van der Waals surface area contributed by atoms with E-state index in [-0.39, 0.29) is 18.8 Å². The zero-order valence-corrected chi connectivity index (χ0v) is 19.1. The zero-order chi connectivity index (χ0) is 23.4. The summed E-state index contributed by atoms with van der Waals surface area (Å²) in [7, 11) is 0. The minimum atomic E-state index is -0.314. The fraction of sp³-hybridized carbons (Fsp3) is 0.542. The summed E-state index contributed by atoms with van der Waals surface area (Å²) in [5.74, 6) is 3.39. The maximum atomic E-state index is 9.39. The Kier molecular flexibility index (Phi) is 7.14.